The molecule has 1 N–H and O–H groups in total. The molecule has 0 bridgehead atoms. The molecule has 6 heteroatoms. The van der Waals surface area contributed by atoms with Gasteiger partial charge in [-0.3, -0.25) is 9.80 Å². The second-order valence-electron chi connectivity index (χ2n) is 5.37. The summed E-state index contributed by atoms with van der Waals surface area (Å²) in [5.74, 6) is 1.05. The molecule has 21 heavy (non-hydrogen) atoms. The van der Waals surface area contributed by atoms with E-state index in [0.29, 0.717) is 17.9 Å². The summed E-state index contributed by atoms with van der Waals surface area (Å²) in [7, 11) is 1.37. The lowest BCUT2D eigenvalue weighted by molar-refractivity contribution is 0.0599. The van der Waals surface area contributed by atoms with Crippen LogP contribution in [0, 0.1) is 6.92 Å². The number of hydrogen-bond donors (Lipinski definition) is 1. The standard InChI is InChI=1S/C15H24N2O4/c1-12-14(15(19)20-2)10-13(21-12)11-17-5-3-4-16(6-7-17)8-9-18/h10,18H,3-9,11H2,1-2H3. The zero-order chi connectivity index (χ0) is 15.2. The molecule has 0 atom stereocenters. The lowest BCUT2D eigenvalue weighted by atomic mass is 10.2. The quantitative estimate of drug-likeness (QED) is 0.814. The van der Waals surface area contributed by atoms with Crippen LogP contribution in [-0.2, 0) is 11.3 Å². The van der Waals surface area contributed by atoms with Gasteiger partial charge in [-0.1, -0.05) is 0 Å². The van der Waals surface area contributed by atoms with Gasteiger partial charge in [0.25, 0.3) is 0 Å². The molecule has 2 rings (SSSR count). The Kier molecular flexibility index (Phi) is 5.78. The van der Waals surface area contributed by atoms with Crippen molar-refractivity contribution in [3.8, 4) is 0 Å². The van der Waals surface area contributed by atoms with Crippen molar-refractivity contribution in [1.29, 1.82) is 0 Å². The van der Waals surface area contributed by atoms with Crippen LogP contribution in [0.2, 0.25) is 0 Å². The van der Waals surface area contributed by atoms with Crippen molar-refractivity contribution in [2.45, 2.75) is 19.9 Å². The summed E-state index contributed by atoms with van der Waals surface area (Å²) in [6, 6.07) is 1.78. The summed E-state index contributed by atoms with van der Waals surface area (Å²) in [6.07, 6.45) is 1.07. The first-order valence-electron chi connectivity index (χ1n) is 7.37. The number of methoxy groups -OCH3 is 1. The van der Waals surface area contributed by atoms with E-state index in [1.807, 2.05) is 0 Å². The van der Waals surface area contributed by atoms with Crippen LogP contribution in [0.15, 0.2) is 10.5 Å². The number of aliphatic hydroxyl groups is 1. The Hall–Kier alpha value is -1.37. The molecule has 0 aromatic carbocycles. The highest BCUT2D eigenvalue weighted by molar-refractivity contribution is 5.90. The van der Waals surface area contributed by atoms with Gasteiger partial charge in [-0.25, -0.2) is 4.79 Å². The summed E-state index contributed by atoms with van der Waals surface area (Å²) in [5.41, 5.74) is 0.504. The van der Waals surface area contributed by atoms with Gasteiger partial charge in [-0.05, 0) is 32.5 Å². The summed E-state index contributed by atoms with van der Waals surface area (Å²) in [4.78, 5) is 16.2. The number of esters is 1. The van der Waals surface area contributed by atoms with Crippen LogP contribution in [0.5, 0.6) is 0 Å². The molecule has 118 valence electrons. The average Bonchev–Trinajstić information content (AvgIpc) is 2.69. The maximum absolute atomic E-state index is 11.6. The average molecular weight is 296 g/mol. The molecule has 0 amide bonds. The third kappa shape index (κ3) is 4.30. The molecule has 1 fully saturated rings. The fourth-order valence-corrected chi connectivity index (χ4v) is 2.70. The Bertz CT molecular complexity index is 472. The maximum atomic E-state index is 11.6. The van der Waals surface area contributed by atoms with Gasteiger partial charge in [0.2, 0.25) is 0 Å². The fraction of sp³-hybridized carbons (Fsp3) is 0.667. The zero-order valence-electron chi connectivity index (χ0n) is 12.8. The van der Waals surface area contributed by atoms with E-state index in [0.717, 1.165) is 44.9 Å². The van der Waals surface area contributed by atoms with Crippen LogP contribution in [0.4, 0.5) is 0 Å². The van der Waals surface area contributed by atoms with E-state index >= 15 is 0 Å². The Balaban J connectivity index is 1.94. The lowest BCUT2D eigenvalue weighted by Crippen LogP contribution is -2.32. The van der Waals surface area contributed by atoms with Gasteiger partial charge >= 0.3 is 5.97 Å². The Morgan fingerprint density at radius 1 is 1.33 bits per heavy atom. The third-order valence-corrected chi connectivity index (χ3v) is 3.85. The van der Waals surface area contributed by atoms with Crippen LogP contribution < -0.4 is 0 Å². The van der Waals surface area contributed by atoms with E-state index in [2.05, 4.69) is 9.80 Å². The van der Waals surface area contributed by atoms with Gasteiger partial charge in [0.15, 0.2) is 0 Å². The summed E-state index contributed by atoms with van der Waals surface area (Å²) < 4.78 is 10.4. The molecule has 6 nitrogen and oxygen atoms in total. The van der Waals surface area contributed by atoms with Crippen LogP contribution in [-0.4, -0.2) is 67.3 Å². The molecule has 1 aromatic rings. The SMILES string of the molecule is COC(=O)c1cc(CN2CCCN(CCO)CC2)oc1C. The normalized spacial score (nSPS) is 17.7. The number of furan rings is 1. The monoisotopic (exact) mass is 296 g/mol. The predicted octanol–water partition coefficient (Wildman–Crippen LogP) is 0.875. The summed E-state index contributed by atoms with van der Waals surface area (Å²) in [5, 5.41) is 9.01. The van der Waals surface area contributed by atoms with Gasteiger partial charge in [-0.2, -0.15) is 0 Å². The number of carbonyl (C=O) groups excluding carboxylic acids is 1. The largest absolute Gasteiger partial charge is 0.465 e. The van der Waals surface area contributed by atoms with Crippen molar-refractivity contribution in [2.24, 2.45) is 0 Å². The number of hydrogen-bond acceptors (Lipinski definition) is 6. The predicted molar refractivity (Wildman–Crippen MR) is 78.2 cm³/mol. The number of β-amino-alcohol motifs (C(OH)–C–C–N with tert-alkyl or cyclic N) is 1. The van der Waals surface area contributed by atoms with Gasteiger partial charge in [0.1, 0.15) is 17.1 Å². The number of carbonyl (C=O) groups is 1. The highest BCUT2D eigenvalue weighted by Crippen LogP contribution is 2.18. The number of ether oxygens (including phenoxy) is 1. The van der Waals surface area contributed by atoms with Crippen molar-refractivity contribution in [1.82, 2.24) is 9.80 Å². The molecular formula is C15H24N2O4. The number of aliphatic hydroxyl groups excluding tert-OH is 1. The van der Waals surface area contributed by atoms with Gasteiger partial charge < -0.3 is 14.3 Å². The Morgan fingerprint density at radius 3 is 2.76 bits per heavy atom. The summed E-state index contributed by atoms with van der Waals surface area (Å²) >= 11 is 0. The van der Waals surface area contributed by atoms with Crippen LogP contribution in [0.3, 0.4) is 0 Å². The highest BCUT2D eigenvalue weighted by atomic mass is 16.5. The fourth-order valence-electron chi connectivity index (χ4n) is 2.70. The van der Waals surface area contributed by atoms with Crippen LogP contribution in [0.25, 0.3) is 0 Å². The van der Waals surface area contributed by atoms with E-state index in [4.69, 9.17) is 14.3 Å². The highest BCUT2D eigenvalue weighted by Gasteiger charge is 2.19. The molecular weight excluding hydrogens is 272 g/mol. The molecule has 1 aliphatic heterocycles. The van der Waals surface area contributed by atoms with Crippen molar-refractivity contribution in [3.63, 3.8) is 0 Å². The maximum Gasteiger partial charge on any atom is 0.341 e. The van der Waals surface area contributed by atoms with Gasteiger partial charge in [-0.15, -0.1) is 0 Å². The molecule has 0 aliphatic carbocycles. The first-order valence-corrected chi connectivity index (χ1v) is 7.37. The Morgan fingerprint density at radius 2 is 2.05 bits per heavy atom. The number of rotatable bonds is 5. The molecule has 0 unspecified atom stereocenters. The molecule has 0 saturated carbocycles. The van der Waals surface area contributed by atoms with Crippen LogP contribution >= 0.6 is 0 Å². The van der Waals surface area contributed by atoms with E-state index in [-0.39, 0.29) is 12.6 Å². The van der Waals surface area contributed by atoms with Crippen LogP contribution in [0.1, 0.15) is 28.3 Å². The molecule has 2 heterocycles. The van der Waals surface area contributed by atoms with Gasteiger partial charge in [0, 0.05) is 19.6 Å². The van der Waals surface area contributed by atoms with E-state index < -0.39 is 0 Å². The van der Waals surface area contributed by atoms with E-state index in [1.165, 1.54) is 7.11 Å². The van der Waals surface area contributed by atoms with E-state index in [9.17, 15) is 4.79 Å². The van der Waals surface area contributed by atoms with E-state index in [1.54, 1.807) is 13.0 Å². The summed E-state index contributed by atoms with van der Waals surface area (Å²) in [6.45, 7) is 7.32. The molecule has 1 aliphatic rings. The lowest BCUT2D eigenvalue weighted by Gasteiger charge is -2.20. The Labute approximate surface area is 125 Å². The van der Waals surface area contributed by atoms with Crippen molar-refractivity contribution < 1.29 is 19.1 Å². The molecule has 1 saturated heterocycles. The zero-order valence-corrected chi connectivity index (χ0v) is 12.8. The van der Waals surface area contributed by atoms with Gasteiger partial charge in [0.05, 0.1) is 20.3 Å². The van der Waals surface area contributed by atoms with Crippen molar-refractivity contribution in [2.75, 3.05) is 46.4 Å². The van der Waals surface area contributed by atoms with Crippen molar-refractivity contribution >= 4 is 5.97 Å². The molecule has 0 spiro atoms. The minimum atomic E-state index is -0.354. The smallest absolute Gasteiger partial charge is 0.341 e. The first kappa shape index (κ1) is 16.0. The second-order valence-corrected chi connectivity index (χ2v) is 5.37. The number of nitrogens with zero attached hydrogens (tertiary/aromatic N) is 2. The minimum absolute atomic E-state index is 0.208. The molecule has 1 aromatic heterocycles. The topological polar surface area (TPSA) is 66.2 Å². The first-order chi connectivity index (χ1) is 10.1. The third-order valence-electron chi connectivity index (χ3n) is 3.85. The van der Waals surface area contributed by atoms with Crippen molar-refractivity contribution in [3.05, 3.63) is 23.2 Å². The molecule has 0 radical (unpaired) electrons. The number of aryl methyl sites for hydroxylation is 1. The minimum Gasteiger partial charge on any atom is -0.465 e. The second kappa shape index (κ2) is 7.59.